The van der Waals surface area contributed by atoms with Gasteiger partial charge in [-0.25, -0.2) is 0 Å². The van der Waals surface area contributed by atoms with Crippen LogP contribution in [-0.2, 0) is 4.79 Å². The monoisotopic (exact) mass is 390 g/mol. The summed E-state index contributed by atoms with van der Waals surface area (Å²) in [5.41, 5.74) is 1.09. The number of benzene rings is 1. The molecule has 0 unspecified atom stereocenters. The van der Waals surface area contributed by atoms with Crippen LogP contribution >= 0.6 is 0 Å². The number of unbranched alkanes of at least 4 members (excludes halogenated alkanes) is 11. The van der Waals surface area contributed by atoms with Gasteiger partial charge in [-0.3, -0.25) is 4.79 Å². The van der Waals surface area contributed by atoms with Gasteiger partial charge < -0.3 is 10.2 Å². The molecule has 28 heavy (non-hydrogen) atoms. The van der Waals surface area contributed by atoms with Crippen molar-refractivity contribution < 1.29 is 15.0 Å². The Morgan fingerprint density at radius 3 is 1.86 bits per heavy atom. The number of aliphatic carboxylic acids is 1. The lowest BCUT2D eigenvalue weighted by molar-refractivity contribution is -0.137. The highest BCUT2D eigenvalue weighted by Gasteiger charge is 1.95. The van der Waals surface area contributed by atoms with E-state index in [0.717, 1.165) is 18.4 Å². The summed E-state index contributed by atoms with van der Waals surface area (Å²) in [5.74, 6) is -0.326. The Kier molecular flexibility index (Phi) is 18.7. The first-order valence-electron chi connectivity index (χ1n) is 11.2. The van der Waals surface area contributed by atoms with Crippen LogP contribution in [0, 0.1) is 6.92 Å². The zero-order valence-electron chi connectivity index (χ0n) is 18.2. The molecule has 1 aromatic rings. The van der Waals surface area contributed by atoms with E-state index in [1.54, 1.807) is 12.1 Å². The molecule has 2 N–H and O–H groups in total. The molecule has 0 aliphatic carbocycles. The van der Waals surface area contributed by atoms with Gasteiger partial charge in [0.2, 0.25) is 0 Å². The van der Waals surface area contributed by atoms with Crippen LogP contribution in [0.1, 0.15) is 102 Å². The second-order valence-corrected chi connectivity index (χ2v) is 7.57. The third-order valence-electron chi connectivity index (χ3n) is 4.65. The van der Waals surface area contributed by atoms with E-state index in [9.17, 15) is 4.79 Å². The van der Waals surface area contributed by atoms with Crippen LogP contribution in [0.4, 0.5) is 0 Å². The molecule has 1 rings (SSSR count). The Balaban J connectivity index is 0.000000749. The number of carbonyl (C=O) groups is 1. The third-order valence-corrected chi connectivity index (χ3v) is 4.65. The van der Waals surface area contributed by atoms with Gasteiger partial charge in [0.1, 0.15) is 5.75 Å². The lowest BCUT2D eigenvalue weighted by Crippen LogP contribution is -1.93. The minimum Gasteiger partial charge on any atom is -0.508 e. The SMILES string of the molecule is CCCCCCCCC=CCCCCCCCC(=O)O.Cc1cccc(O)c1. The van der Waals surface area contributed by atoms with Crippen LogP contribution < -0.4 is 0 Å². The summed E-state index contributed by atoms with van der Waals surface area (Å²) in [7, 11) is 0. The summed E-state index contributed by atoms with van der Waals surface area (Å²) in [4.78, 5) is 10.3. The Morgan fingerprint density at radius 2 is 1.39 bits per heavy atom. The number of aryl methyl sites for hydroxylation is 1. The molecule has 0 amide bonds. The van der Waals surface area contributed by atoms with E-state index in [1.165, 1.54) is 70.6 Å². The molecule has 0 saturated heterocycles. The van der Waals surface area contributed by atoms with Crippen molar-refractivity contribution in [3.63, 3.8) is 0 Å². The molecule has 3 nitrogen and oxygen atoms in total. The number of aromatic hydroxyl groups is 1. The van der Waals surface area contributed by atoms with Gasteiger partial charge in [-0.05, 0) is 56.7 Å². The lowest BCUT2D eigenvalue weighted by atomic mass is 10.1. The molecular formula is C25H42O3. The van der Waals surface area contributed by atoms with Crippen molar-refractivity contribution in [2.45, 2.75) is 104 Å². The van der Waals surface area contributed by atoms with Crippen LogP contribution in [0.15, 0.2) is 36.4 Å². The summed E-state index contributed by atoms with van der Waals surface area (Å²) in [5, 5.41) is 17.3. The molecule has 0 radical (unpaired) electrons. The largest absolute Gasteiger partial charge is 0.508 e. The molecule has 0 heterocycles. The quantitative estimate of drug-likeness (QED) is 0.237. The molecule has 0 aromatic heterocycles. The van der Waals surface area contributed by atoms with Gasteiger partial charge in [0.25, 0.3) is 0 Å². The van der Waals surface area contributed by atoms with Gasteiger partial charge in [0, 0.05) is 6.42 Å². The predicted octanol–water partition coefficient (Wildman–Crippen LogP) is 7.81. The molecule has 0 aliphatic rings. The molecule has 0 aliphatic heterocycles. The highest BCUT2D eigenvalue weighted by molar-refractivity contribution is 5.66. The molecule has 3 heteroatoms. The third kappa shape index (κ3) is 20.5. The number of phenolic OH excluding ortho intramolecular Hbond substituents is 1. The second kappa shape index (κ2) is 20.0. The van der Waals surface area contributed by atoms with Crippen LogP contribution in [-0.4, -0.2) is 16.2 Å². The maximum absolute atomic E-state index is 10.3. The first kappa shape index (κ1) is 26.2. The minimum atomic E-state index is -0.664. The van der Waals surface area contributed by atoms with Crippen molar-refractivity contribution in [1.29, 1.82) is 0 Å². The number of carboxylic acids is 1. The number of hydrogen-bond acceptors (Lipinski definition) is 2. The Labute approximate surface area is 172 Å². The first-order chi connectivity index (χ1) is 13.6. The highest BCUT2D eigenvalue weighted by atomic mass is 16.4. The topological polar surface area (TPSA) is 57.5 Å². The minimum absolute atomic E-state index is 0.332. The van der Waals surface area contributed by atoms with E-state index in [1.807, 2.05) is 19.1 Å². The van der Waals surface area contributed by atoms with Crippen molar-refractivity contribution in [3.05, 3.63) is 42.0 Å². The van der Waals surface area contributed by atoms with E-state index >= 15 is 0 Å². The number of phenols is 1. The molecule has 160 valence electrons. The van der Waals surface area contributed by atoms with E-state index in [0.29, 0.717) is 12.2 Å². The van der Waals surface area contributed by atoms with E-state index in [2.05, 4.69) is 19.1 Å². The summed E-state index contributed by atoms with van der Waals surface area (Å²) in [6.45, 7) is 4.20. The standard InChI is InChI=1S/C18H34O2.C7H8O/c1-2-3-4-5-6-7-8-9-10-11-12-13-14-15-16-17-18(19)20;1-6-3-2-4-7(8)5-6/h9-10H,2-8,11-17H2,1H3,(H,19,20);2-5,8H,1H3. The van der Waals surface area contributed by atoms with Crippen LogP contribution in [0.25, 0.3) is 0 Å². The Morgan fingerprint density at radius 1 is 0.857 bits per heavy atom. The van der Waals surface area contributed by atoms with Crippen LogP contribution in [0.3, 0.4) is 0 Å². The fraction of sp³-hybridized carbons (Fsp3) is 0.640. The summed E-state index contributed by atoms with van der Waals surface area (Å²) >= 11 is 0. The summed E-state index contributed by atoms with van der Waals surface area (Å²) in [6, 6.07) is 7.15. The second-order valence-electron chi connectivity index (χ2n) is 7.57. The zero-order valence-corrected chi connectivity index (χ0v) is 18.2. The number of rotatable bonds is 15. The predicted molar refractivity (Wildman–Crippen MR) is 120 cm³/mol. The molecule has 0 saturated carbocycles. The van der Waals surface area contributed by atoms with Gasteiger partial charge in [-0.2, -0.15) is 0 Å². The maximum Gasteiger partial charge on any atom is 0.303 e. The fourth-order valence-corrected chi connectivity index (χ4v) is 2.97. The molecular weight excluding hydrogens is 348 g/mol. The molecule has 0 atom stereocenters. The number of hydrogen-bond donors (Lipinski definition) is 2. The van der Waals surface area contributed by atoms with Gasteiger partial charge in [-0.15, -0.1) is 0 Å². The molecule has 1 aromatic carbocycles. The zero-order chi connectivity index (χ0) is 20.9. The van der Waals surface area contributed by atoms with Gasteiger partial charge in [0.05, 0.1) is 0 Å². The van der Waals surface area contributed by atoms with E-state index in [-0.39, 0.29) is 0 Å². The average Bonchev–Trinajstić information content (AvgIpc) is 2.65. The van der Waals surface area contributed by atoms with Crippen LogP contribution in [0.5, 0.6) is 5.75 Å². The average molecular weight is 391 g/mol. The van der Waals surface area contributed by atoms with E-state index in [4.69, 9.17) is 10.2 Å². The van der Waals surface area contributed by atoms with Crippen molar-refractivity contribution in [2.24, 2.45) is 0 Å². The Hall–Kier alpha value is -1.77. The molecule has 0 spiro atoms. The first-order valence-corrected chi connectivity index (χ1v) is 11.2. The lowest BCUT2D eigenvalue weighted by Gasteiger charge is -1.99. The number of carboxylic acid groups (broad SMARTS) is 1. The summed E-state index contributed by atoms with van der Waals surface area (Å²) in [6.07, 6.45) is 21.2. The number of allylic oxidation sites excluding steroid dienone is 2. The van der Waals surface area contributed by atoms with Gasteiger partial charge in [0.15, 0.2) is 0 Å². The van der Waals surface area contributed by atoms with Gasteiger partial charge in [-0.1, -0.05) is 82.6 Å². The van der Waals surface area contributed by atoms with Crippen molar-refractivity contribution in [3.8, 4) is 5.75 Å². The summed E-state index contributed by atoms with van der Waals surface area (Å²) < 4.78 is 0. The van der Waals surface area contributed by atoms with Gasteiger partial charge >= 0.3 is 5.97 Å². The normalized spacial score (nSPS) is 10.6. The van der Waals surface area contributed by atoms with Crippen LogP contribution in [0.2, 0.25) is 0 Å². The molecule has 0 bridgehead atoms. The maximum atomic E-state index is 10.3. The smallest absolute Gasteiger partial charge is 0.303 e. The fourth-order valence-electron chi connectivity index (χ4n) is 2.97. The van der Waals surface area contributed by atoms with Crippen molar-refractivity contribution in [2.75, 3.05) is 0 Å². The van der Waals surface area contributed by atoms with E-state index < -0.39 is 5.97 Å². The Bertz CT molecular complexity index is 491. The van der Waals surface area contributed by atoms with Crippen molar-refractivity contribution in [1.82, 2.24) is 0 Å². The molecule has 0 fully saturated rings. The van der Waals surface area contributed by atoms with Crippen molar-refractivity contribution >= 4 is 5.97 Å². The highest BCUT2D eigenvalue weighted by Crippen LogP contribution is 2.10.